The molecule has 0 unspecified atom stereocenters. The average Bonchev–Trinajstić information content (AvgIpc) is 3.70. The van der Waals surface area contributed by atoms with Crippen LogP contribution in [0.25, 0.3) is 22.2 Å². The van der Waals surface area contributed by atoms with Crippen molar-refractivity contribution in [2.24, 2.45) is 5.92 Å². The van der Waals surface area contributed by atoms with Crippen LogP contribution in [0.15, 0.2) is 48.5 Å². The molecule has 11 nitrogen and oxygen atoms in total. The second-order valence-electron chi connectivity index (χ2n) is 9.35. The summed E-state index contributed by atoms with van der Waals surface area (Å²) in [5.41, 5.74) is 3.13. The predicted molar refractivity (Wildman–Crippen MR) is 141 cm³/mol. The van der Waals surface area contributed by atoms with E-state index in [2.05, 4.69) is 40.3 Å². The minimum atomic E-state index is -0.156. The second-order valence-corrected chi connectivity index (χ2v) is 10.2. The highest BCUT2D eigenvalue weighted by Gasteiger charge is 2.31. The molecule has 2 saturated heterocycles. The molecule has 37 heavy (non-hydrogen) atoms. The van der Waals surface area contributed by atoms with E-state index in [0.29, 0.717) is 31.9 Å². The summed E-state index contributed by atoms with van der Waals surface area (Å²) in [6.45, 7) is 4.66. The predicted octanol–water partition coefficient (Wildman–Crippen LogP) is 2.09. The number of hydrogen-bond donors (Lipinski definition) is 2. The Hall–Kier alpha value is -3.90. The summed E-state index contributed by atoms with van der Waals surface area (Å²) < 4.78 is 0. The van der Waals surface area contributed by atoms with E-state index in [0.717, 1.165) is 53.3 Å². The fourth-order valence-electron chi connectivity index (χ4n) is 4.98. The summed E-state index contributed by atoms with van der Waals surface area (Å²) in [5, 5.41) is 14.3. The summed E-state index contributed by atoms with van der Waals surface area (Å²) in [6, 6.07) is 5.69. The van der Waals surface area contributed by atoms with Crippen molar-refractivity contribution in [1.29, 1.82) is 0 Å². The summed E-state index contributed by atoms with van der Waals surface area (Å²) >= 11 is 1.62. The summed E-state index contributed by atoms with van der Waals surface area (Å²) in [7, 11) is 0. The van der Waals surface area contributed by atoms with Gasteiger partial charge in [0.15, 0.2) is 5.13 Å². The van der Waals surface area contributed by atoms with Crippen LogP contribution in [-0.2, 0) is 9.59 Å². The topological polar surface area (TPSA) is 123 Å². The van der Waals surface area contributed by atoms with E-state index in [4.69, 9.17) is 0 Å². The number of aromatic nitrogens is 5. The fourth-order valence-corrected chi connectivity index (χ4v) is 5.68. The molecule has 0 aliphatic carbocycles. The van der Waals surface area contributed by atoms with E-state index in [-0.39, 0.29) is 17.7 Å². The second kappa shape index (κ2) is 10.2. The molecule has 4 aromatic rings. The molecule has 1 aromatic carbocycles. The maximum Gasteiger partial charge on any atom is 0.236 e. The van der Waals surface area contributed by atoms with Gasteiger partial charge < -0.3 is 15.1 Å². The van der Waals surface area contributed by atoms with Crippen molar-refractivity contribution in [3.8, 4) is 11.3 Å². The first kappa shape index (κ1) is 23.5. The Morgan fingerprint density at radius 3 is 2.73 bits per heavy atom. The molecule has 0 radical (unpaired) electrons. The largest absolute Gasteiger partial charge is 0.345 e. The number of thiazole rings is 1. The molecule has 2 amide bonds. The van der Waals surface area contributed by atoms with Gasteiger partial charge >= 0.3 is 0 Å². The molecule has 3 aromatic heterocycles. The number of anilines is 2. The standard InChI is InChI=1S/C25H27N9O2S/c35-22(33-6-8-34(9-7-33)25-28-4-10-37-25)15-32-5-3-17(14-32)24(36)29-19-1-2-21-20(11-19)23(31-30-21)18-12-26-16-27-13-18/h1-2,4,10-13,16-17H,3,5-9,14-15H2,(H,29,36)(H,30,31)/t17-/m1/s1. The Balaban J connectivity index is 1.03. The summed E-state index contributed by atoms with van der Waals surface area (Å²) in [6.07, 6.45) is 7.45. The van der Waals surface area contributed by atoms with Gasteiger partial charge in [-0.15, -0.1) is 11.3 Å². The molecule has 5 heterocycles. The van der Waals surface area contributed by atoms with Gasteiger partial charge in [-0.1, -0.05) is 0 Å². The lowest BCUT2D eigenvalue weighted by Crippen LogP contribution is -2.51. The van der Waals surface area contributed by atoms with Gasteiger partial charge in [-0.3, -0.25) is 19.6 Å². The molecule has 0 spiro atoms. The van der Waals surface area contributed by atoms with Crippen LogP contribution in [0.1, 0.15) is 6.42 Å². The fraction of sp³-hybridized carbons (Fsp3) is 0.360. The lowest BCUT2D eigenvalue weighted by molar-refractivity contribution is -0.132. The van der Waals surface area contributed by atoms with Crippen molar-refractivity contribution in [2.45, 2.75) is 6.42 Å². The number of hydrogen-bond acceptors (Lipinski definition) is 9. The zero-order chi connectivity index (χ0) is 25.2. The third-order valence-corrected chi connectivity index (χ3v) is 7.82. The van der Waals surface area contributed by atoms with E-state index in [1.54, 1.807) is 23.7 Å². The van der Waals surface area contributed by atoms with Gasteiger partial charge in [0.2, 0.25) is 11.8 Å². The molecular weight excluding hydrogens is 490 g/mol. The van der Waals surface area contributed by atoms with Crippen LogP contribution in [0.3, 0.4) is 0 Å². The zero-order valence-corrected chi connectivity index (χ0v) is 21.0. The minimum absolute atomic E-state index is 0.0283. The Bertz CT molecular complexity index is 1380. The maximum atomic E-state index is 13.0. The first-order chi connectivity index (χ1) is 18.1. The number of aromatic amines is 1. The van der Waals surface area contributed by atoms with Crippen LogP contribution in [-0.4, -0.2) is 92.6 Å². The number of fused-ring (bicyclic) bond motifs is 1. The molecule has 0 saturated carbocycles. The van der Waals surface area contributed by atoms with Crippen molar-refractivity contribution >= 4 is 44.9 Å². The van der Waals surface area contributed by atoms with E-state index >= 15 is 0 Å². The molecule has 2 aliphatic rings. The van der Waals surface area contributed by atoms with Gasteiger partial charge in [0.25, 0.3) is 0 Å². The lowest BCUT2D eigenvalue weighted by atomic mass is 10.1. The van der Waals surface area contributed by atoms with Crippen molar-refractivity contribution < 1.29 is 9.59 Å². The maximum absolute atomic E-state index is 13.0. The first-order valence-corrected chi connectivity index (χ1v) is 13.2. The van der Waals surface area contributed by atoms with Crippen LogP contribution in [0.5, 0.6) is 0 Å². The number of rotatable bonds is 6. The van der Waals surface area contributed by atoms with Crippen molar-refractivity contribution in [2.75, 3.05) is 56.0 Å². The molecule has 2 fully saturated rings. The number of nitrogens with one attached hydrogen (secondary N) is 2. The van der Waals surface area contributed by atoms with Crippen LogP contribution in [0.4, 0.5) is 10.8 Å². The van der Waals surface area contributed by atoms with Crippen LogP contribution in [0, 0.1) is 5.92 Å². The van der Waals surface area contributed by atoms with Gasteiger partial charge in [-0.05, 0) is 31.2 Å². The van der Waals surface area contributed by atoms with Crippen molar-refractivity contribution in [3.63, 3.8) is 0 Å². The minimum Gasteiger partial charge on any atom is -0.345 e. The number of likely N-dealkylation sites (tertiary alicyclic amines) is 1. The Morgan fingerprint density at radius 2 is 1.95 bits per heavy atom. The number of benzene rings is 1. The first-order valence-electron chi connectivity index (χ1n) is 12.3. The molecular formula is C25H27N9O2S. The highest BCUT2D eigenvalue weighted by molar-refractivity contribution is 7.13. The molecule has 2 N–H and O–H groups in total. The molecule has 6 rings (SSSR count). The van der Waals surface area contributed by atoms with Gasteiger partial charge in [0, 0.05) is 73.3 Å². The number of carbonyl (C=O) groups excluding carboxylic acids is 2. The Kier molecular flexibility index (Phi) is 6.49. The number of H-pyrrole nitrogens is 1. The molecule has 12 heteroatoms. The van der Waals surface area contributed by atoms with E-state index in [1.165, 1.54) is 6.33 Å². The molecule has 1 atom stereocenters. The van der Waals surface area contributed by atoms with Crippen LogP contribution >= 0.6 is 11.3 Å². The Morgan fingerprint density at radius 1 is 1.11 bits per heavy atom. The van der Waals surface area contributed by atoms with E-state index in [9.17, 15) is 9.59 Å². The van der Waals surface area contributed by atoms with Crippen molar-refractivity contribution in [3.05, 3.63) is 48.5 Å². The van der Waals surface area contributed by atoms with Gasteiger partial charge in [0.05, 0.1) is 18.0 Å². The molecule has 2 aliphatic heterocycles. The highest BCUT2D eigenvalue weighted by Crippen LogP contribution is 2.28. The smallest absolute Gasteiger partial charge is 0.236 e. The van der Waals surface area contributed by atoms with Gasteiger partial charge in [0.1, 0.15) is 12.0 Å². The quantitative estimate of drug-likeness (QED) is 0.399. The normalized spacial score (nSPS) is 18.4. The SMILES string of the molecule is O=C(Nc1ccc2[nH]nc(-c3cncnc3)c2c1)[C@@H]1CCN(CC(=O)N2CCN(c3nccs3)CC2)C1. The van der Waals surface area contributed by atoms with E-state index < -0.39 is 0 Å². The number of nitrogens with zero attached hydrogens (tertiary/aromatic N) is 7. The van der Waals surface area contributed by atoms with E-state index in [1.807, 2.05) is 34.7 Å². The zero-order valence-electron chi connectivity index (χ0n) is 20.2. The van der Waals surface area contributed by atoms with Crippen molar-refractivity contribution in [1.82, 2.24) is 34.9 Å². The highest BCUT2D eigenvalue weighted by atomic mass is 32.1. The van der Waals surface area contributed by atoms with Crippen LogP contribution < -0.4 is 10.2 Å². The lowest BCUT2D eigenvalue weighted by Gasteiger charge is -2.35. The summed E-state index contributed by atoms with van der Waals surface area (Å²) in [5.74, 6) is -0.0567. The number of carbonyl (C=O) groups is 2. The monoisotopic (exact) mass is 517 g/mol. The number of amides is 2. The molecule has 0 bridgehead atoms. The summed E-state index contributed by atoms with van der Waals surface area (Å²) in [4.78, 5) is 44.7. The van der Waals surface area contributed by atoms with Gasteiger partial charge in [-0.25, -0.2) is 15.0 Å². The third kappa shape index (κ3) is 5.02. The average molecular weight is 518 g/mol. The molecule has 190 valence electrons. The van der Waals surface area contributed by atoms with Gasteiger partial charge in [-0.2, -0.15) is 5.10 Å². The van der Waals surface area contributed by atoms with Crippen LogP contribution in [0.2, 0.25) is 0 Å². The Labute approximate surface area is 217 Å². The number of piperazine rings is 1. The third-order valence-electron chi connectivity index (χ3n) is 6.99.